The summed E-state index contributed by atoms with van der Waals surface area (Å²) in [6.45, 7) is 5.02. The van der Waals surface area contributed by atoms with Crippen molar-refractivity contribution < 1.29 is 22.9 Å². The number of nitrogens with zero attached hydrogens (tertiary/aromatic N) is 3. The Hall–Kier alpha value is -3.90. The minimum absolute atomic E-state index is 0.00688. The van der Waals surface area contributed by atoms with Crippen LogP contribution in [-0.2, 0) is 26.2 Å². The number of sulfonamides is 1. The van der Waals surface area contributed by atoms with Crippen LogP contribution >= 0.6 is 0 Å². The van der Waals surface area contributed by atoms with Crippen LogP contribution in [0.3, 0.4) is 0 Å². The Balaban J connectivity index is 1.22. The van der Waals surface area contributed by atoms with Gasteiger partial charge in [-0.25, -0.2) is 17.5 Å². The third kappa shape index (κ3) is 10.1. The van der Waals surface area contributed by atoms with Gasteiger partial charge < -0.3 is 15.0 Å². The zero-order valence-corrected chi connectivity index (χ0v) is 26.6. The molecule has 0 bridgehead atoms. The molecule has 1 saturated heterocycles. The molecule has 0 saturated carbocycles. The molecule has 1 fully saturated rings. The SMILES string of the molecule is CC1CC(NCC=CC(=O)OCc2ccc([N+](=O)[O-])cc2)CCN1CC[C@H](CN(C)S(=O)(=O)c1ccccc1)c1ccccc1. The van der Waals surface area contributed by atoms with Crippen molar-refractivity contribution >= 4 is 21.7 Å². The lowest BCUT2D eigenvalue weighted by molar-refractivity contribution is -0.384. The van der Waals surface area contributed by atoms with Crippen molar-refractivity contribution in [1.29, 1.82) is 0 Å². The molecule has 0 spiro atoms. The fourth-order valence-electron chi connectivity index (χ4n) is 5.64. The van der Waals surface area contributed by atoms with Crippen LogP contribution in [0, 0.1) is 10.1 Å². The zero-order chi connectivity index (χ0) is 32.2. The normalized spacial score (nSPS) is 18.2. The Morgan fingerprint density at radius 1 is 1.09 bits per heavy atom. The number of esters is 1. The molecule has 240 valence electrons. The molecule has 2 unspecified atom stereocenters. The van der Waals surface area contributed by atoms with E-state index >= 15 is 0 Å². The Kier molecular flexibility index (Phi) is 12.4. The molecule has 0 amide bonds. The number of carbonyl (C=O) groups is 1. The van der Waals surface area contributed by atoms with Gasteiger partial charge in [0.1, 0.15) is 6.61 Å². The molecule has 45 heavy (non-hydrogen) atoms. The predicted molar refractivity (Wildman–Crippen MR) is 174 cm³/mol. The summed E-state index contributed by atoms with van der Waals surface area (Å²) in [5.41, 5.74) is 1.81. The van der Waals surface area contributed by atoms with Gasteiger partial charge in [0.05, 0.1) is 9.82 Å². The molecule has 0 radical (unpaired) electrons. The lowest BCUT2D eigenvalue weighted by Gasteiger charge is -2.39. The monoisotopic (exact) mass is 634 g/mol. The van der Waals surface area contributed by atoms with Gasteiger partial charge in [0.2, 0.25) is 10.0 Å². The second kappa shape index (κ2) is 16.4. The molecule has 3 aromatic rings. The summed E-state index contributed by atoms with van der Waals surface area (Å²) in [6.07, 6.45) is 5.93. The average Bonchev–Trinajstić information content (AvgIpc) is 3.05. The smallest absolute Gasteiger partial charge is 0.330 e. The maximum absolute atomic E-state index is 13.2. The molecule has 11 heteroatoms. The third-order valence-electron chi connectivity index (χ3n) is 8.28. The Labute approximate surface area is 265 Å². The van der Waals surface area contributed by atoms with E-state index in [1.165, 1.54) is 22.5 Å². The van der Waals surface area contributed by atoms with Crippen molar-refractivity contribution in [2.75, 3.05) is 33.2 Å². The van der Waals surface area contributed by atoms with Gasteiger partial charge in [-0.2, -0.15) is 0 Å². The first-order valence-corrected chi connectivity index (χ1v) is 16.7. The first kappa shape index (κ1) is 34.0. The summed E-state index contributed by atoms with van der Waals surface area (Å²) >= 11 is 0. The molecule has 1 heterocycles. The van der Waals surface area contributed by atoms with Crippen LogP contribution in [-0.4, -0.2) is 73.8 Å². The molecule has 0 aromatic heterocycles. The van der Waals surface area contributed by atoms with E-state index in [1.54, 1.807) is 49.5 Å². The van der Waals surface area contributed by atoms with Crippen LogP contribution in [0.15, 0.2) is 102 Å². The molecule has 10 nitrogen and oxygen atoms in total. The van der Waals surface area contributed by atoms with Crippen molar-refractivity contribution in [3.05, 3.63) is 118 Å². The fourth-order valence-corrected chi connectivity index (χ4v) is 6.87. The molecular formula is C34H42N4O6S. The second-order valence-electron chi connectivity index (χ2n) is 11.4. The molecule has 4 rings (SSSR count). The number of benzene rings is 3. The van der Waals surface area contributed by atoms with Gasteiger partial charge in [-0.1, -0.05) is 54.6 Å². The first-order chi connectivity index (χ1) is 21.6. The summed E-state index contributed by atoms with van der Waals surface area (Å²) in [7, 11) is -1.93. The van der Waals surface area contributed by atoms with Gasteiger partial charge in [0.25, 0.3) is 5.69 Å². The standard InChI is InChI=1S/C34H42N4O6S/c1-27-24-31(35-21-9-14-34(39)44-26-28-15-17-32(18-16-28)38(40)41)20-23-37(27)22-19-30(29-10-5-3-6-11-29)25-36(2)45(42,43)33-12-7-4-8-13-33/h3-18,27,30-31,35H,19-26H2,1-2H3/t27?,30-,31?/m1/s1. The van der Waals surface area contributed by atoms with E-state index in [-0.39, 0.29) is 18.2 Å². The predicted octanol–water partition coefficient (Wildman–Crippen LogP) is 5.13. The molecule has 1 aliphatic rings. The first-order valence-electron chi connectivity index (χ1n) is 15.2. The van der Waals surface area contributed by atoms with Crippen LogP contribution in [0.5, 0.6) is 0 Å². The van der Waals surface area contributed by atoms with Crippen LogP contribution in [0.4, 0.5) is 5.69 Å². The van der Waals surface area contributed by atoms with Gasteiger partial charge in [-0.3, -0.25) is 10.1 Å². The highest BCUT2D eigenvalue weighted by Gasteiger charge is 2.28. The number of nitrogens with one attached hydrogen (secondary N) is 1. The number of likely N-dealkylation sites (tertiary alicyclic amines) is 1. The molecule has 1 N–H and O–H groups in total. The van der Waals surface area contributed by atoms with E-state index in [0.717, 1.165) is 37.9 Å². The van der Waals surface area contributed by atoms with Gasteiger partial charge >= 0.3 is 5.97 Å². The van der Waals surface area contributed by atoms with Crippen molar-refractivity contribution in [1.82, 2.24) is 14.5 Å². The average molecular weight is 635 g/mol. The topological polar surface area (TPSA) is 122 Å². The van der Waals surface area contributed by atoms with E-state index in [2.05, 4.69) is 29.3 Å². The van der Waals surface area contributed by atoms with E-state index in [1.807, 2.05) is 24.3 Å². The summed E-state index contributed by atoms with van der Waals surface area (Å²) in [6, 6.07) is 25.3. The molecular weight excluding hydrogens is 592 g/mol. The second-order valence-corrected chi connectivity index (χ2v) is 13.5. The number of ether oxygens (including phenoxy) is 1. The van der Waals surface area contributed by atoms with Crippen LogP contribution in [0.1, 0.15) is 43.2 Å². The molecule has 3 atom stereocenters. The molecule has 0 aliphatic carbocycles. The Morgan fingerprint density at radius 3 is 2.40 bits per heavy atom. The van der Waals surface area contributed by atoms with Gasteiger partial charge in [-0.15, -0.1) is 0 Å². The highest BCUT2D eigenvalue weighted by molar-refractivity contribution is 7.89. The van der Waals surface area contributed by atoms with Crippen molar-refractivity contribution in [2.24, 2.45) is 0 Å². The van der Waals surface area contributed by atoms with Crippen LogP contribution in [0.25, 0.3) is 0 Å². The number of hydrogen-bond donors (Lipinski definition) is 1. The van der Waals surface area contributed by atoms with Gasteiger partial charge in [-0.05, 0) is 80.6 Å². The minimum atomic E-state index is -3.58. The van der Waals surface area contributed by atoms with E-state index < -0.39 is 20.9 Å². The van der Waals surface area contributed by atoms with E-state index in [4.69, 9.17) is 4.74 Å². The number of carbonyl (C=O) groups excluding carboxylic acids is 1. The largest absolute Gasteiger partial charge is 0.458 e. The number of hydrogen-bond acceptors (Lipinski definition) is 8. The number of rotatable bonds is 15. The third-order valence-corrected chi connectivity index (χ3v) is 10.1. The Morgan fingerprint density at radius 2 is 1.76 bits per heavy atom. The quantitative estimate of drug-likeness (QED) is 0.106. The van der Waals surface area contributed by atoms with Crippen LogP contribution < -0.4 is 5.32 Å². The lowest BCUT2D eigenvalue weighted by atomic mass is 9.93. The van der Waals surface area contributed by atoms with E-state index in [9.17, 15) is 23.3 Å². The maximum atomic E-state index is 13.2. The summed E-state index contributed by atoms with van der Waals surface area (Å²) < 4.78 is 33.1. The van der Waals surface area contributed by atoms with Crippen molar-refractivity contribution in [3.63, 3.8) is 0 Å². The Bertz CT molecular complexity index is 1520. The summed E-state index contributed by atoms with van der Waals surface area (Å²) in [5, 5.41) is 14.3. The van der Waals surface area contributed by atoms with Crippen molar-refractivity contribution in [2.45, 2.75) is 55.7 Å². The lowest BCUT2D eigenvalue weighted by Crippen LogP contribution is -2.48. The van der Waals surface area contributed by atoms with Gasteiger partial charge in [0, 0.05) is 50.4 Å². The zero-order valence-electron chi connectivity index (χ0n) is 25.8. The summed E-state index contributed by atoms with van der Waals surface area (Å²) in [5.74, 6) is -0.406. The maximum Gasteiger partial charge on any atom is 0.330 e. The van der Waals surface area contributed by atoms with Crippen LogP contribution in [0.2, 0.25) is 0 Å². The minimum Gasteiger partial charge on any atom is -0.458 e. The highest BCUT2D eigenvalue weighted by atomic mass is 32.2. The van der Waals surface area contributed by atoms with Gasteiger partial charge in [0.15, 0.2) is 0 Å². The number of non-ortho nitro benzene ring substituents is 1. The number of nitro groups is 1. The van der Waals surface area contributed by atoms with E-state index in [0.29, 0.717) is 35.6 Å². The number of likely N-dealkylation sites (N-methyl/N-ethyl adjacent to an activating group) is 1. The molecule has 3 aromatic carbocycles. The van der Waals surface area contributed by atoms with Crippen molar-refractivity contribution in [3.8, 4) is 0 Å². The molecule has 1 aliphatic heterocycles. The highest BCUT2D eigenvalue weighted by Crippen LogP contribution is 2.26. The number of nitro benzene ring substituents is 1. The fraction of sp³-hybridized carbons (Fsp3) is 0.382. The summed E-state index contributed by atoms with van der Waals surface area (Å²) in [4.78, 5) is 25.1. The number of piperidine rings is 1.